The number of para-hydroxylation sites is 1. The third kappa shape index (κ3) is 3.47. The zero-order valence-electron chi connectivity index (χ0n) is 12.0. The predicted octanol–water partition coefficient (Wildman–Crippen LogP) is 3.04. The SMILES string of the molecule is CCC(CC)CNC(=O)c1ccn(-c2ccccc2)n1. The van der Waals surface area contributed by atoms with E-state index in [1.54, 1.807) is 16.9 Å². The molecule has 0 unspecified atom stereocenters. The lowest BCUT2D eigenvalue weighted by atomic mass is 10.0. The molecule has 0 aliphatic rings. The van der Waals surface area contributed by atoms with Crippen molar-refractivity contribution in [3.05, 3.63) is 48.3 Å². The topological polar surface area (TPSA) is 46.9 Å². The van der Waals surface area contributed by atoms with Crippen molar-refractivity contribution in [1.29, 1.82) is 0 Å². The molecule has 0 aliphatic carbocycles. The van der Waals surface area contributed by atoms with Gasteiger partial charge in [0.2, 0.25) is 0 Å². The number of carbonyl (C=O) groups is 1. The first-order valence-corrected chi connectivity index (χ1v) is 7.13. The minimum Gasteiger partial charge on any atom is -0.350 e. The van der Waals surface area contributed by atoms with Crippen LogP contribution in [-0.2, 0) is 0 Å². The summed E-state index contributed by atoms with van der Waals surface area (Å²) < 4.78 is 1.71. The fourth-order valence-corrected chi connectivity index (χ4v) is 2.07. The number of hydrogen-bond donors (Lipinski definition) is 1. The first kappa shape index (κ1) is 14.3. The van der Waals surface area contributed by atoms with Gasteiger partial charge in [-0.15, -0.1) is 0 Å². The zero-order chi connectivity index (χ0) is 14.4. The highest BCUT2D eigenvalue weighted by molar-refractivity contribution is 5.92. The Hall–Kier alpha value is -2.10. The van der Waals surface area contributed by atoms with Gasteiger partial charge in [0.05, 0.1) is 5.69 Å². The molecule has 0 saturated heterocycles. The standard InChI is InChI=1S/C16H21N3O/c1-3-13(4-2)12-17-16(20)15-10-11-19(18-15)14-8-6-5-7-9-14/h5-11,13H,3-4,12H2,1-2H3,(H,17,20). The van der Waals surface area contributed by atoms with E-state index in [2.05, 4.69) is 24.3 Å². The van der Waals surface area contributed by atoms with Crippen molar-refractivity contribution in [3.63, 3.8) is 0 Å². The number of benzene rings is 1. The second kappa shape index (κ2) is 6.89. The number of amides is 1. The molecule has 0 aliphatic heterocycles. The molecule has 2 rings (SSSR count). The van der Waals surface area contributed by atoms with Gasteiger partial charge in [0.25, 0.3) is 5.91 Å². The van der Waals surface area contributed by atoms with Crippen LogP contribution in [0.15, 0.2) is 42.6 Å². The summed E-state index contributed by atoms with van der Waals surface area (Å²) in [5.74, 6) is 0.432. The maximum absolute atomic E-state index is 12.0. The molecule has 1 aromatic carbocycles. The quantitative estimate of drug-likeness (QED) is 0.877. The first-order chi connectivity index (χ1) is 9.74. The van der Waals surface area contributed by atoms with Gasteiger partial charge < -0.3 is 5.32 Å². The second-order valence-corrected chi connectivity index (χ2v) is 4.87. The van der Waals surface area contributed by atoms with E-state index < -0.39 is 0 Å². The van der Waals surface area contributed by atoms with Crippen molar-refractivity contribution in [3.8, 4) is 5.69 Å². The maximum Gasteiger partial charge on any atom is 0.271 e. The summed E-state index contributed by atoms with van der Waals surface area (Å²) >= 11 is 0. The molecule has 4 heteroatoms. The van der Waals surface area contributed by atoms with Gasteiger partial charge in [-0.05, 0) is 24.1 Å². The Morgan fingerprint density at radius 1 is 1.20 bits per heavy atom. The van der Waals surface area contributed by atoms with E-state index in [9.17, 15) is 4.79 Å². The van der Waals surface area contributed by atoms with Crippen LogP contribution >= 0.6 is 0 Å². The van der Waals surface area contributed by atoms with Gasteiger partial charge >= 0.3 is 0 Å². The fourth-order valence-electron chi connectivity index (χ4n) is 2.07. The van der Waals surface area contributed by atoms with Crippen LogP contribution in [0, 0.1) is 5.92 Å². The van der Waals surface area contributed by atoms with E-state index in [1.807, 2.05) is 30.3 Å². The second-order valence-electron chi connectivity index (χ2n) is 4.87. The largest absolute Gasteiger partial charge is 0.350 e. The smallest absolute Gasteiger partial charge is 0.271 e. The summed E-state index contributed by atoms with van der Waals surface area (Å²) in [7, 11) is 0. The van der Waals surface area contributed by atoms with Crippen LogP contribution in [0.25, 0.3) is 5.69 Å². The molecule has 1 N–H and O–H groups in total. The van der Waals surface area contributed by atoms with Gasteiger partial charge in [0.1, 0.15) is 0 Å². The van der Waals surface area contributed by atoms with Gasteiger partial charge in [-0.25, -0.2) is 4.68 Å². The van der Waals surface area contributed by atoms with Crippen LogP contribution in [0.5, 0.6) is 0 Å². The van der Waals surface area contributed by atoms with E-state index in [1.165, 1.54) is 0 Å². The predicted molar refractivity (Wildman–Crippen MR) is 80.0 cm³/mol. The Bertz CT molecular complexity index is 544. The van der Waals surface area contributed by atoms with E-state index in [4.69, 9.17) is 0 Å². The summed E-state index contributed by atoms with van der Waals surface area (Å²) in [6.45, 7) is 5.00. The van der Waals surface area contributed by atoms with Crippen molar-refractivity contribution in [2.24, 2.45) is 5.92 Å². The molecule has 0 atom stereocenters. The molecule has 1 amide bonds. The van der Waals surface area contributed by atoms with Crippen LogP contribution in [0.1, 0.15) is 37.2 Å². The monoisotopic (exact) mass is 271 g/mol. The lowest BCUT2D eigenvalue weighted by molar-refractivity contribution is 0.0941. The molecular weight excluding hydrogens is 250 g/mol. The molecule has 0 spiro atoms. The Labute approximate surface area is 119 Å². The average Bonchev–Trinajstić information content (AvgIpc) is 2.99. The summed E-state index contributed by atoms with van der Waals surface area (Å²) in [5, 5.41) is 7.27. The van der Waals surface area contributed by atoms with E-state index in [0.29, 0.717) is 18.2 Å². The van der Waals surface area contributed by atoms with E-state index in [0.717, 1.165) is 18.5 Å². The summed E-state index contributed by atoms with van der Waals surface area (Å²) in [6, 6.07) is 11.5. The number of aromatic nitrogens is 2. The molecule has 0 radical (unpaired) electrons. The van der Waals surface area contributed by atoms with Crippen molar-refractivity contribution in [1.82, 2.24) is 15.1 Å². The van der Waals surface area contributed by atoms with Gasteiger partial charge in [-0.2, -0.15) is 5.10 Å². The number of nitrogens with one attached hydrogen (secondary N) is 1. The molecule has 2 aromatic rings. The minimum atomic E-state index is -0.105. The van der Waals surface area contributed by atoms with Crippen LogP contribution in [0.4, 0.5) is 0 Å². The van der Waals surface area contributed by atoms with Crippen LogP contribution in [0.3, 0.4) is 0 Å². The van der Waals surface area contributed by atoms with Crippen molar-refractivity contribution in [2.75, 3.05) is 6.54 Å². The lowest BCUT2D eigenvalue weighted by Crippen LogP contribution is -2.29. The molecule has 1 heterocycles. The first-order valence-electron chi connectivity index (χ1n) is 7.13. The van der Waals surface area contributed by atoms with E-state index >= 15 is 0 Å². The van der Waals surface area contributed by atoms with Gasteiger partial charge in [-0.3, -0.25) is 4.79 Å². The number of rotatable bonds is 6. The third-order valence-electron chi connectivity index (χ3n) is 3.55. The third-order valence-corrected chi connectivity index (χ3v) is 3.55. The summed E-state index contributed by atoms with van der Waals surface area (Å²) in [6.07, 6.45) is 3.96. The molecule has 0 fully saturated rings. The van der Waals surface area contributed by atoms with Crippen molar-refractivity contribution >= 4 is 5.91 Å². The zero-order valence-corrected chi connectivity index (χ0v) is 12.0. The maximum atomic E-state index is 12.0. The Kier molecular flexibility index (Phi) is 4.93. The lowest BCUT2D eigenvalue weighted by Gasteiger charge is -2.12. The number of hydrogen-bond acceptors (Lipinski definition) is 2. The minimum absolute atomic E-state index is 0.105. The number of nitrogens with zero attached hydrogens (tertiary/aromatic N) is 2. The van der Waals surface area contributed by atoms with Gasteiger partial charge in [0.15, 0.2) is 5.69 Å². The normalized spacial score (nSPS) is 10.8. The molecule has 4 nitrogen and oxygen atoms in total. The van der Waals surface area contributed by atoms with Crippen LogP contribution in [0.2, 0.25) is 0 Å². The molecular formula is C16H21N3O. The molecule has 20 heavy (non-hydrogen) atoms. The summed E-state index contributed by atoms with van der Waals surface area (Å²) in [5.41, 5.74) is 1.41. The molecule has 0 saturated carbocycles. The Morgan fingerprint density at radius 2 is 1.90 bits per heavy atom. The summed E-state index contributed by atoms with van der Waals surface area (Å²) in [4.78, 5) is 12.0. The number of carbonyl (C=O) groups excluding carboxylic acids is 1. The van der Waals surface area contributed by atoms with Crippen molar-refractivity contribution < 1.29 is 4.79 Å². The van der Waals surface area contributed by atoms with Crippen LogP contribution < -0.4 is 5.32 Å². The highest BCUT2D eigenvalue weighted by Gasteiger charge is 2.11. The van der Waals surface area contributed by atoms with Crippen molar-refractivity contribution in [2.45, 2.75) is 26.7 Å². The highest BCUT2D eigenvalue weighted by Crippen LogP contribution is 2.08. The fraction of sp³-hybridized carbons (Fsp3) is 0.375. The Morgan fingerprint density at radius 3 is 2.55 bits per heavy atom. The van der Waals surface area contributed by atoms with Gasteiger partial charge in [-0.1, -0.05) is 44.9 Å². The molecule has 1 aromatic heterocycles. The van der Waals surface area contributed by atoms with Crippen LogP contribution in [-0.4, -0.2) is 22.2 Å². The Balaban J connectivity index is 2.00. The van der Waals surface area contributed by atoms with Gasteiger partial charge in [0, 0.05) is 12.7 Å². The highest BCUT2D eigenvalue weighted by atomic mass is 16.1. The molecule has 106 valence electrons. The average molecular weight is 271 g/mol. The molecule has 0 bridgehead atoms. The van der Waals surface area contributed by atoms with E-state index in [-0.39, 0.29) is 5.91 Å².